The number of aryl methyl sites for hydroxylation is 1. The van der Waals surface area contributed by atoms with E-state index in [4.69, 9.17) is 5.73 Å². The maximum atomic E-state index is 10.0. The number of nitrogens with two attached hydrogens (primary N) is 1. The summed E-state index contributed by atoms with van der Waals surface area (Å²) in [7, 11) is 0. The summed E-state index contributed by atoms with van der Waals surface area (Å²) in [5.74, 6) is 0. The highest BCUT2D eigenvalue weighted by atomic mass is 79.9. The van der Waals surface area contributed by atoms with Crippen LogP contribution in [-0.2, 0) is 6.42 Å². The van der Waals surface area contributed by atoms with Crippen molar-refractivity contribution in [3.8, 4) is 0 Å². The average molecular weight is 256 g/mol. The fourth-order valence-electron chi connectivity index (χ4n) is 2.03. The minimum Gasteiger partial charge on any atom is -0.387 e. The minimum atomic E-state index is -0.525. The summed E-state index contributed by atoms with van der Waals surface area (Å²) in [6.07, 6.45) is 2.44. The lowest BCUT2D eigenvalue weighted by molar-refractivity contribution is 0.143. The molecule has 1 aromatic rings. The van der Waals surface area contributed by atoms with Crippen molar-refractivity contribution in [2.45, 2.75) is 31.4 Å². The largest absolute Gasteiger partial charge is 0.387 e. The second kappa shape index (κ2) is 4.01. The van der Waals surface area contributed by atoms with E-state index in [-0.39, 0.29) is 6.04 Å². The van der Waals surface area contributed by atoms with Crippen LogP contribution in [0.3, 0.4) is 0 Å². The molecule has 0 saturated heterocycles. The van der Waals surface area contributed by atoms with Crippen LogP contribution in [0.1, 0.15) is 30.1 Å². The molecule has 2 atom stereocenters. The molecule has 2 rings (SSSR count). The first kappa shape index (κ1) is 10.1. The van der Waals surface area contributed by atoms with Crippen LogP contribution in [0.15, 0.2) is 22.7 Å². The summed E-state index contributed by atoms with van der Waals surface area (Å²) in [6.45, 7) is 0. The lowest BCUT2D eigenvalue weighted by Crippen LogP contribution is -2.27. The van der Waals surface area contributed by atoms with Crippen molar-refractivity contribution in [1.29, 1.82) is 0 Å². The molecule has 0 heterocycles. The third-order valence-corrected chi connectivity index (χ3v) is 3.52. The molecule has 76 valence electrons. The van der Waals surface area contributed by atoms with Crippen molar-refractivity contribution in [2.75, 3.05) is 0 Å². The van der Waals surface area contributed by atoms with E-state index in [9.17, 15) is 5.11 Å². The van der Waals surface area contributed by atoms with Gasteiger partial charge in [0.1, 0.15) is 0 Å². The van der Waals surface area contributed by atoms with Gasteiger partial charge in [-0.1, -0.05) is 28.1 Å². The van der Waals surface area contributed by atoms with E-state index in [0.717, 1.165) is 29.3 Å². The summed E-state index contributed by atoms with van der Waals surface area (Å²) in [5, 5.41) is 10.0. The highest BCUT2D eigenvalue weighted by Gasteiger charge is 2.24. The second-order valence-electron chi connectivity index (χ2n) is 3.81. The van der Waals surface area contributed by atoms with Crippen molar-refractivity contribution >= 4 is 15.9 Å². The normalized spacial score (nSPS) is 26.8. The minimum absolute atomic E-state index is 0.130. The Morgan fingerprint density at radius 2 is 2.21 bits per heavy atom. The molecule has 1 aliphatic carbocycles. The van der Waals surface area contributed by atoms with Gasteiger partial charge in [-0.3, -0.25) is 0 Å². The summed E-state index contributed by atoms with van der Waals surface area (Å²) >= 11 is 3.47. The SMILES string of the molecule is N[C@@H]1CCCc2cccc(Br)c2[C@H]1O. The molecular formula is C11H14BrNO. The van der Waals surface area contributed by atoms with Crippen LogP contribution >= 0.6 is 15.9 Å². The Hall–Kier alpha value is -0.380. The molecule has 1 aromatic carbocycles. The first-order valence-corrected chi connectivity index (χ1v) is 5.70. The number of benzene rings is 1. The molecule has 1 aliphatic rings. The van der Waals surface area contributed by atoms with Crippen LogP contribution in [0, 0.1) is 0 Å². The lowest BCUT2D eigenvalue weighted by atomic mass is 9.99. The van der Waals surface area contributed by atoms with Crippen molar-refractivity contribution in [2.24, 2.45) is 5.73 Å². The third-order valence-electron chi connectivity index (χ3n) is 2.83. The monoisotopic (exact) mass is 255 g/mol. The van der Waals surface area contributed by atoms with Crippen LogP contribution < -0.4 is 5.73 Å². The molecule has 0 spiro atoms. The molecule has 0 amide bonds. The van der Waals surface area contributed by atoms with Gasteiger partial charge < -0.3 is 10.8 Å². The molecule has 0 unspecified atom stereocenters. The van der Waals surface area contributed by atoms with Crippen LogP contribution in [0.4, 0.5) is 0 Å². The van der Waals surface area contributed by atoms with Crippen molar-refractivity contribution in [3.05, 3.63) is 33.8 Å². The van der Waals surface area contributed by atoms with Crippen molar-refractivity contribution in [1.82, 2.24) is 0 Å². The van der Waals surface area contributed by atoms with Gasteiger partial charge in [-0.15, -0.1) is 0 Å². The van der Waals surface area contributed by atoms with Crippen molar-refractivity contribution in [3.63, 3.8) is 0 Å². The van der Waals surface area contributed by atoms with Crippen molar-refractivity contribution < 1.29 is 5.11 Å². The second-order valence-corrected chi connectivity index (χ2v) is 4.67. The zero-order valence-electron chi connectivity index (χ0n) is 7.91. The molecule has 0 radical (unpaired) electrons. The van der Waals surface area contributed by atoms with E-state index in [0.29, 0.717) is 0 Å². The van der Waals surface area contributed by atoms with E-state index in [1.807, 2.05) is 12.1 Å². The number of aliphatic hydroxyl groups is 1. The van der Waals surface area contributed by atoms with Gasteiger partial charge in [0.05, 0.1) is 6.10 Å². The maximum absolute atomic E-state index is 10.0. The third kappa shape index (κ3) is 1.72. The van der Waals surface area contributed by atoms with E-state index in [1.165, 1.54) is 5.56 Å². The highest BCUT2D eigenvalue weighted by molar-refractivity contribution is 9.10. The molecule has 0 aromatic heterocycles. The number of halogens is 1. The first-order valence-electron chi connectivity index (χ1n) is 4.91. The standard InChI is InChI=1S/C11H14BrNO/c12-8-5-1-3-7-4-2-6-9(13)11(14)10(7)8/h1,3,5,9,11,14H,2,4,6,13H2/t9-,11+/m1/s1. The topological polar surface area (TPSA) is 46.2 Å². The van der Waals surface area contributed by atoms with Crippen LogP contribution in [0.2, 0.25) is 0 Å². The van der Waals surface area contributed by atoms with Crippen LogP contribution in [-0.4, -0.2) is 11.1 Å². The van der Waals surface area contributed by atoms with Gasteiger partial charge in [-0.05, 0) is 36.5 Å². The Morgan fingerprint density at radius 3 is 3.00 bits per heavy atom. The van der Waals surface area contributed by atoms with Gasteiger partial charge in [-0.2, -0.15) is 0 Å². The molecule has 3 N–H and O–H groups in total. The zero-order valence-corrected chi connectivity index (χ0v) is 9.50. The fraction of sp³-hybridized carbons (Fsp3) is 0.455. The predicted octanol–water partition coefficient (Wildman–Crippen LogP) is 2.15. The smallest absolute Gasteiger partial charge is 0.0954 e. The number of fused-ring (bicyclic) bond motifs is 1. The molecule has 0 saturated carbocycles. The summed E-state index contributed by atoms with van der Waals surface area (Å²) in [5.41, 5.74) is 8.10. The Kier molecular flexibility index (Phi) is 2.91. The van der Waals surface area contributed by atoms with E-state index >= 15 is 0 Å². The average Bonchev–Trinajstić information content (AvgIpc) is 2.29. The predicted molar refractivity (Wildman–Crippen MR) is 60.0 cm³/mol. The summed E-state index contributed by atoms with van der Waals surface area (Å²) in [4.78, 5) is 0. The van der Waals surface area contributed by atoms with Gasteiger partial charge in [0, 0.05) is 10.5 Å². The summed E-state index contributed by atoms with van der Waals surface area (Å²) in [6, 6.07) is 5.91. The Balaban J connectivity index is 2.49. The first-order chi connectivity index (χ1) is 6.70. The number of rotatable bonds is 0. The molecule has 14 heavy (non-hydrogen) atoms. The Labute approximate surface area is 92.3 Å². The Morgan fingerprint density at radius 1 is 1.43 bits per heavy atom. The molecule has 2 nitrogen and oxygen atoms in total. The quantitative estimate of drug-likeness (QED) is 0.698. The number of hydrogen-bond donors (Lipinski definition) is 2. The molecule has 3 heteroatoms. The summed E-state index contributed by atoms with van der Waals surface area (Å²) < 4.78 is 0.972. The van der Waals surface area contributed by atoms with Crippen LogP contribution in [0.25, 0.3) is 0 Å². The molecular weight excluding hydrogens is 242 g/mol. The van der Waals surface area contributed by atoms with Gasteiger partial charge in [0.15, 0.2) is 0 Å². The lowest BCUT2D eigenvalue weighted by Gasteiger charge is -2.18. The van der Waals surface area contributed by atoms with Gasteiger partial charge in [-0.25, -0.2) is 0 Å². The van der Waals surface area contributed by atoms with Crippen LogP contribution in [0.5, 0.6) is 0 Å². The highest BCUT2D eigenvalue weighted by Crippen LogP contribution is 2.33. The van der Waals surface area contributed by atoms with E-state index in [1.54, 1.807) is 0 Å². The molecule has 0 aliphatic heterocycles. The van der Waals surface area contributed by atoms with Gasteiger partial charge in [0.2, 0.25) is 0 Å². The molecule has 0 fully saturated rings. The van der Waals surface area contributed by atoms with Gasteiger partial charge in [0.25, 0.3) is 0 Å². The van der Waals surface area contributed by atoms with Gasteiger partial charge >= 0.3 is 0 Å². The Bertz CT molecular complexity index is 340. The van der Waals surface area contributed by atoms with E-state index < -0.39 is 6.10 Å². The number of aliphatic hydroxyl groups excluding tert-OH is 1. The van der Waals surface area contributed by atoms with E-state index in [2.05, 4.69) is 22.0 Å². The maximum Gasteiger partial charge on any atom is 0.0954 e. The fourth-order valence-corrected chi connectivity index (χ4v) is 2.67. The number of hydrogen-bond acceptors (Lipinski definition) is 2. The molecule has 0 bridgehead atoms. The zero-order chi connectivity index (χ0) is 10.1.